The summed E-state index contributed by atoms with van der Waals surface area (Å²) < 4.78 is 5.28. The minimum Gasteiger partial charge on any atom is -0.436 e. The molecule has 224 valence electrons. The third kappa shape index (κ3) is 5.83. The molecule has 0 aliphatic heterocycles. The van der Waals surface area contributed by atoms with Crippen LogP contribution in [0.2, 0.25) is 0 Å². The molecule has 2 fully saturated rings. The summed E-state index contributed by atoms with van der Waals surface area (Å²) in [7, 11) is 0. The van der Waals surface area contributed by atoms with Gasteiger partial charge in [-0.25, -0.2) is 4.79 Å². The van der Waals surface area contributed by atoms with Crippen molar-refractivity contribution in [3.05, 3.63) is 88.0 Å². The lowest BCUT2D eigenvalue weighted by molar-refractivity contribution is -0.114. The van der Waals surface area contributed by atoms with Crippen molar-refractivity contribution in [1.82, 2.24) is 0 Å². The molecular weight excluding hydrogens is 534 g/mol. The van der Waals surface area contributed by atoms with Crippen molar-refractivity contribution in [1.29, 1.82) is 0 Å². The third-order valence-electron chi connectivity index (χ3n) is 10.5. The smallest absolute Gasteiger partial charge is 0.412 e. The Balaban J connectivity index is 1.14. The fourth-order valence-electron chi connectivity index (χ4n) is 8.18. The fraction of sp³-hybridized carbons (Fsp3) is 0.474. The number of ketones is 1. The number of nitrogens with one attached hydrogen (secondary N) is 1. The number of benzene rings is 2. The Morgan fingerprint density at radius 3 is 2.49 bits per heavy atom. The molecule has 4 unspecified atom stereocenters. The van der Waals surface area contributed by atoms with Crippen molar-refractivity contribution < 1.29 is 19.4 Å². The number of ether oxygens (including phenoxy) is 1. The van der Waals surface area contributed by atoms with E-state index >= 15 is 0 Å². The largest absolute Gasteiger partial charge is 0.436 e. The molecule has 2 aromatic rings. The number of carbonyl (C=O) groups is 2. The Morgan fingerprint density at radius 2 is 1.77 bits per heavy atom. The van der Waals surface area contributed by atoms with E-state index in [4.69, 9.17) is 4.74 Å². The van der Waals surface area contributed by atoms with Crippen LogP contribution in [-0.4, -0.2) is 29.7 Å². The Hall–Kier alpha value is -3.62. The van der Waals surface area contributed by atoms with Crippen LogP contribution in [0.1, 0.15) is 95.2 Å². The van der Waals surface area contributed by atoms with Gasteiger partial charge in [-0.3, -0.25) is 10.1 Å². The minimum absolute atomic E-state index is 0.000324. The van der Waals surface area contributed by atoms with Gasteiger partial charge in [-0.2, -0.15) is 0 Å². The molecule has 5 nitrogen and oxygen atoms in total. The van der Waals surface area contributed by atoms with Gasteiger partial charge in [0.1, 0.15) is 0 Å². The van der Waals surface area contributed by atoms with Crippen molar-refractivity contribution in [2.45, 2.75) is 90.1 Å². The molecule has 5 atom stereocenters. The number of fused-ring (bicyclic) bond motifs is 4. The van der Waals surface area contributed by atoms with Crippen LogP contribution >= 0.6 is 0 Å². The maximum Gasteiger partial charge on any atom is 0.412 e. The summed E-state index contributed by atoms with van der Waals surface area (Å²) in [5.41, 5.74) is 8.19. The SMILES string of the molecule is CC(C)(C)c1ccc(NC(=O)OCC#Cc2ccc([C@H]3CC4(C)C(O)CCC4C4CCC5=CC(=O)CCC5=C43)cc2)cc1. The standard InChI is InChI=1S/C38H43NO4/c1-37(2,3)27-12-14-28(15-13-27)39-36(42)43-21-5-6-24-7-9-25(10-8-24)32-23-38(4)33(19-20-34(38)41)31-17-11-26-22-29(40)16-18-30(26)35(31)32/h7-10,12-15,22,31-34,41H,11,16-21,23H2,1-4H3,(H,39,42)/t31?,32-,33?,34?,38?/m1/s1. The van der Waals surface area contributed by atoms with Crippen LogP contribution in [0.25, 0.3) is 0 Å². The van der Waals surface area contributed by atoms with E-state index in [1.54, 1.807) is 0 Å². The number of aliphatic hydroxyl groups is 1. The zero-order valence-corrected chi connectivity index (χ0v) is 25.8. The van der Waals surface area contributed by atoms with Gasteiger partial charge >= 0.3 is 6.09 Å². The molecule has 0 radical (unpaired) electrons. The second-order valence-electron chi connectivity index (χ2n) is 14.1. The lowest BCUT2D eigenvalue weighted by Gasteiger charge is -2.52. The van der Waals surface area contributed by atoms with Gasteiger partial charge in [-0.05, 0) is 114 Å². The van der Waals surface area contributed by atoms with Crippen molar-refractivity contribution in [3.8, 4) is 11.8 Å². The van der Waals surface area contributed by atoms with Crippen molar-refractivity contribution >= 4 is 17.6 Å². The molecule has 43 heavy (non-hydrogen) atoms. The average molecular weight is 578 g/mol. The van der Waals surface area contributed by atoms with Gasteiger partial charge in [0.25, 0.3) is 0 Å². The van der Waals surface area contributed by atoms with Crippen LogP contribution in [-0.2, 0) is 14.9 Å². The first-order valence-electron chi connectivity index (χ1n) is 15.8. The van der Waals surface area contributed by atoms with Crippen molar-refractivity contribution in [2.75, 3.05) is 11.9 Å². The monoisotopic (exact) mass is 577 g/mol. The topological polar surface area (TPSA) is 75.6 Å². The molecule has 0 spiro atoms. The van der Waals surface area contributed by atoms with Gasteiger partial charge < -0.3 is 9.84 Å². The molecule has 1 amide bonds. The van der Waals surface area contributed by atoms with E-state index in [0.717, 1.165) is 44.1 Å². The molecular formula is C38H43NO4. The lowest BCUT2D eigenvalue weighted by Crippen LogP contribution is -2.45. The number of allylic oxidation sites excluding steroid dienone is 4. The van der Waals surface area contributed by atoms with Gasteiger partial charge in [0, 0.05) is 23.6 Å². The van der Waals surface area contributed by atoms with Crippen LogP contribution in [0.3, 0.4) is 0 Å². The number of hydrogen-bond donors (Lipinski definition) is 2. The molecule has 2 aromatic carbocycles. The number of amides is 1. The highest BCUT2D eigenvalue weighted by Gasteiger charge is 2.56. The Kier molecular flexibility index (Phi) is 7.86. The molecule has 4 aliphatic carbocycles. The molecule has 6 rings (SSSR count). The van der Waals surface area contributed by atoms with E-state index in [0.29, 0.717) is 23.9 Å². The van der Waals surface area contributed by atoms with Crippen LogP contribution in [0.5, 0.6) is 0 Å². The third-order valence-corrected chi connectivity index (χ3v) is 10.5. The van der Waals surface area contributed by atoms with E-state index < -0.39 is 6.09 Å². The predicted molar refractivity (Wildman–Crippen MR) is 170 cm³/mol. The number of rotatable bonds is 3. The summed E-state index contributed by atoms with van der Waals surface area (Å²) in [6.07, 6.45) is 7.51. The van der Waals surface area contributed by atoms with Gasteiger partial charge in [-0.15, -0.1) is 0 Å². The minimum atomic E-state index is -0.527. The number of aliphatic hydroxyl groups excluding tert-OH is 1. The predicted octanol–water partition coefficient (Wildman–Crippen LogP) is 7.84. The second-order valence-corrected chi connectivity index (χ2v) is 14.1. The van der Waals surface area contributed by atoms with Crippen LogP contribution in [0.4, 0.5) is 10.5 Å². The molecule has 4 aliphatic rings. The highest BCUT2D eigenvalue weighted by Crippen LogP contribution is 2.63. The van der Waals surface area contributed by atoms with Crippen molar-refractivity contribution in [3.63, 3.8) is 0 Å². The molecule has 0 heterocycles. The van der Waals surface area contributed by atoms with E-state index in [9.17, 15) is 14.7 Å². The summed E-state index contributed by atoms with van der Waals surface area (Å²) in [5.74, 6) is 7.55. The summed E-state index contributed by atoms with van der Waals surface area (Å²) in [5, 5.41) is 13.9. The van der Waals surface area contributed by atoms with Gasteiger partial charge in [0.05, 0.1) is 6.10 Å². The molecule has 0 saturated heterocycles. The van der Waals surface area contributed by atoms with E-state index in [2.05, 4.69) is 57.0 Å². The summed E-state index contributed by atoms with van der Waals surface area (Å²) in [4.78, 5) is 24.5. The maximum absolute atomic E-state index is 12.2. The molecule has 0 bridgehead atoms. The van der Waals surface area contributed by atoms with E-state index in [1.807, 2.05) is 42.5 Å². The summed E-state index contributed by atoms with van der Waals surface area (Å²) >= 11 is 0. The van der Waals surface area contributed by atoms with Crippen LogP contribution < -0.4 is 5.32 Å². The lowest BCUT2D eigenvalue weighted by atomic mass is 9.53. The normalized spacial score (nSPS) is 28.1. The van der Waals surface area contributed by atoms with Gasteiger partial charge in [-0.1, -0.05) is 69.4 Å². The zero-order valence-electron chi connectivity index (χ0n) is 25.8. The first-order chi connectivity index (χ1) is 20.5. The Morgan fingerprint density at radius 1 is 1.02 bits per heavy atom. The fourth-order valence-corrected chi connectivity index (χ4v) is 8.18. The second kappa shape index (κ2) is 11.5. The van der Waals surface area contributed by atoms with Crippen LogP contribution in [0.15, 0.2) is 71.3 Å². The van der Waals surface area contributed by atoms with E-state index in [1.165, 1.54) is 27.8 Å². The van der Waals surface area contributed by atoms with Crippen molar-refractivity contribution in [2.24, 2.45) is 17.3 Å². The summed E-state index contributed by atoms with van der Waals surface area (Å²) in [6, 6.07) is 16.2. The number of hydrogen-bond acceptors (Lipinski definition) is 4. The highest BCUT2D eigenvalue weighted by molar-refractivity contribution is 5.93. The first kappa shape index (κ1) is 29.5. The molecule has 2 N–H and O–H groups in total. The molecule has 2 saturated carbocycles. The van der Waals surface area contributed by atoms with Gasteiger partial charge in [0.15, 0.2) is 12.4 Å². The number of anilines is 1. The zero-order chi connectivity index (χ0) is 30.4. The van der Waals surface area contributed by atoms with Gasteiger partial charge in [0.2, 0.25) is 0 Å². The number of carbonyl (C=O) groups excluding carboxylic acids is 2. The quantitative estimate of drug-likeness (QED) is 0.365. The summed E-state index contributed by atoms with van der Waals surface area (Å²) in [6.45, 7) is 8.76. The van der Waals surface area contributed by atoms with Crippen LogP contribution in [0, 0.1) is 29.1 Å². The average Bonchev–Trinajstić information content (AvgIpc) is 3.28. The molecule has 5 heteroatoms. The Labute approximate surface area is 255 Å². The highest BCUT2D eigenvalue weighted by atomic mass is 16.5. The molecule has 0 aromatic heterocycles. The van der Waals surface area contributed by atoms with E-state index in [-0.39, 0.29) is 35.2 Å². The Bertz CT molecular complexity index is 1530. The first-order valence-corrected chi connectivity index (χ1v) is 15.8. The maximum atomic E-state index is 12.2.